The zero-order valence-corrected chi connectivity index (χ0v) is 16.1. The Morgan fingerprint density at radius 1 is 1.14 bits per heavy atom. The highest BCUT2D eigenvalue weighted by Gasteiger charge is 1.95. The molecule has 0 saturated heterocycles. The van der Waals surface area contributed by atoms with Gasteiger partial charge in [-0.05, 0) is 18.6 Å². The zero-order valence-electron chi connectivity index (χ0n) is 13.8. The van der Waals surface area contributed by atoms with Crippen molar-refractivity contribution < 1.29 is 0 Å². The van der Waals surface area contributed by atoms with Crippen molar-refractivity contribution in [3.8, 4) is 0 Å². The van der Waals surface area contributed by atoms with Crippen molar-refractivity contribution >= 4 is 29.9 Å². The molecule has 1 heterocycles. The Kier molecular flexibility index (Phi) is 14.5. The number of nitrogens with two attached hydrogens (primary N) is 1. The molecule has 0 aromatic carbocycles. The van der Waals surface area contributed by atoms with Crippen molar-refractivity contribution in [3.05, 3.63) is 30.1 Å². The molecule has 0 aliphatic rings. The fraction of sp³-hybridized carbons (Fsp3) is 0.647. The maximum absolute atomic E-state index is 5.84. The van der Waals surface area contributed by atoms with Gasteiger partial charge in [-0.1, -0.05) is 51.5 Å². The lowest BCUT2D eigenvalue weighted by molar-refractivity contribution is 0.592. The molecule has 0 aliphatic carbocycles. The molecule has 0 spiro atoms. The highest BCUT2D eigenvalue weighted by Crippen LogP contribution is 2.06. The van der Waals surface area contributed by atoms with Gasteiger partial charge >= 0.3 is 0 Å². The van der Waals surface area contributed by atoms with Gasteiger partial charge in [0.25, 0.3) is 0 Å². The van der Waals surface area contributed by atoms with Crippen molar-refractivity contribution in [1.82, 2.24) is 10.3 Å². The molecule has 0 unspecified atom stereocenters. The van der Waals surface area contributed by atoms with Crippen molar-refractivity contribution in [2.45, 2.75) is 58.3 Å². The molecule has 0 amide bonds. The average Bonchev–Trinajstić information content (AvgIpc) is 2.51. The number of hydrogen-bond acceptors (Lipinski definition) is 2. The van der Waals surface area contributed by atoms with Gasteiger partial charge in [-0.15, -0.1) is 24.0 Å². The topological polar surface area (TPSA) is 63.3 Å². The maximum atomic E-state index is 5.84. The number of aromatic nitrogens is 1. The fourth-order valence-electron chi connectivity index (χ4n) is 2.19. The number of nitrogens with one attached hydrogen (secondary N) is 1. The predicted molar refractivity (Wildman–Crippen MR) is 106 cm³/mol. The summed E-state index contributed by atoms with van der Waals surface area (Å²) in [4.78, 5) is 8.62. The Hall–Kier alpha value is -0.850. The van der Waals surface area contributed by atoms with Gasteiger partial charge in [0, 0.05) is 31.4 Å². The lowest BCUT2D eigenvalue weighted by atomic mass is 10.1. The molecule has 0 radical (unpaired) electrons. The number of hydrogen-bond donors (Lipinski definition) is 2. The lowest BCUT2D eigenvalue weighted by Crippen LogP contribution is -2.33. The minimum absolute atomic E-state index is 0. The lowest BCUT2D eigenvalue weighted by Gasteiger charge is -2.05. The van der Waals surface area contributed by atoms with Crippen LogP contribution in [0.5, 0.6) is 0 Å². The fourth-order valence-corrected chi connectivity index (χ4v) is 2.19. The minimum Gasteiger partial charge on any atom is -0.370 e. The number of unbranched alkanes of at least 4 members (excludes halogenated alkanes) is 6. The van der Waals surface area contributed by atoms with Crippen molar-refractivity contribution in [2.24, 2.45) is 10.7 Å². The van der Waals surface area contributed by atoms with Crippen molar-refractivity contribution in [3.63, 3.8) is 0 Å². The first-order chi connectivity index (χ1) is 10.3. The van der Waals surface area contributed by atoms with Crippen LogP contribution in [0.2, 0.25) is 0 Å². The van der Waals surface area contributed by atoms with Crippen LogP contribution in [0.4, 0.5) is 0 Å². The third-order valence-corrected chi connectivity index (χ3v) is 3.46. The van der Waals surface area contributed by atoms with E-state index in [1.165, 1.54) is 38.5 Å². The maximum Gasteiger partial charge on any atom is 0.188 e. The average molecular weight is 418 g/mol. The largest absolute Gasteiger partial charge is 0.370 e. The normalized spacial score (nSPS) is 11.0. The van der Waals surface area contributed by atoms with Crippen molar-refractivity contribution in [2.75, 3.05) is 13.1 Å². The Bertz CT molecular complexity index is 382. The van der Waals surface area contributed by atoms with E-state index >= 15 is 0 Å². The Labute approximate surface area is 152 Å². The van der Waals surface area contributed by atoms with E-state index in [0.717, 1.165) is 31.6 Å². The number of nitrogens with zero attached hydrogens (tertiary/aromatic N) is 2. The molecule has 0 saturated carbocycles. The first-order valence-electron chi connectivity index (χ1n) is 8.26. The quantitative estimate of drug-likeness (QED) is 0.248. The van der Waals surface area contributed by atoms with Crippen LogP contribution in [0.25, 0.3) is 0 Å². The zero-order chi connectivity index (χ0) is 15.2. The van der Waals surface area contributed by atoms with Crippen LogP contribution < -0.4 is 11.1 Å². The van der Waals surface area contributed by atoms with Crippen LogP contribution in [-0.4, -0.2) is 24.0 Å². The summed E-state index contributed by atoms with van der Waals surface area (Å²) in [6.07, 6.45) is 11.8. The van der Waals surface area contributed by atoms with E-state index in [1.807, 2.05) is 24.4 Å². The molecule has 0 fully saturated rings. The number of halogens is 1. The van der Waals surface area contributed by atoms with E-state index < -0.39 is 0 Å². The Morgan fingerprint density at radius 3 is 2.55 bits per heavy atom. The molecule has 22 heavy (non-hydrogen) atoms. The third-order valence-electron chi connectivity index (χ3n) is 3.46. The molecular weight excluding hydrogens is 387 g/mol. The van der Waals surface area contributed by atoms with E-state index in [4.69, 9.17) is 5.73 Å². The van der Waals surface area contributed by atoms with Gasteiger partial charge in [0.15, 0.2) is 5.96 Å². The Morgan fingerprint density at radius 2 is 1.86 bits per heavy atom. The molecule has 1 aromatic rings. The van der Waals surface area contributed by atoms with Gasteiger partial charge in [0.1, 0.15) is 0 Å². The first kappa shape index (κ1) is 21.1. The molecule has 1 rings (SSSR count). The second-order valence-corrected chi connectivity index (χ2v) is 5.39. The predicted octanol–water partition coefficient (Wildman–Crippen LogP) is 3.90. The third kappa shape index (κ3) is 11.8. The second kappa shape index (κ2) is 15.1. The summed E-state index contributed by atoms with van der Waals surface area (Å²) in [6.45, 7) is 3.86. The van der Waals surface area contributed by atoms with E-state index in [0.29, 0.717) is 5.96 Å². The first-order valence-corrected chi connectivity index (χ1v) is 8.26. The molecule has 0 bridgehead atoms. The van der Waals surface area contributed by atoms with E-state index in [9.17, 15) is 0 Å². The van der Waals surface area contributed by atoms with Crippen LogP contribution in [-0.2, 0) is 6.42 Å². The summed E-state index contributed by atoms with van der Waals surface area (Å²) in [7, 11) is 0. The van der Waals surface area contributed by atoms with Crippen molar-refractivity contribution in [1.29, 1.82) is 0 Å². The Balaban J connectivity index is 0.00000441. The van der Waals surface area contributed by atoms with Gasteiger partial charge in [-0.25, -0.2) is 0 Å². The summed E-state index contributed by atoms with van der Waals surface area (Å²) in [5, 5.41) is 3.14. The van der Waals surface area contributed by atoms with Gasteiger partial charge in [0.2, 0.25) is 0 Å². The van der Waals surface area contributed by atoms with Crippen LogP contribution in [0, 0.1) is 0 Å². The van der Waals surface area contributed by atoms with E-state index in [2.05, 4.69) is 22.2 Å². The smallest absolute Gasteiger partial charge is 0.188 e. The summed E-state index contributed by atoms with van der Waals surface area (Å²) < 4.78 is 0. The summed E-state index contributed by atoms with van der Waals surface area (Å²) >= 11 is 0. The number of pyridine rings is 1. The van der Waals surface area contributed by atoms with Gasteiger partial charge in [0.05, 0.1) is 0 Å². The molecule has 4 nitrogen and oxygen atoms in total. The molecule has 5 heteroatoms. The van der Waals surface area contributed by atoms with Crippen LogP contribution in [0.1, 0.15) is 57.6 Å². The van der Waals surface area contributed by atoms with E-state index in [1.54, 1.807) is 0 Å². The second-order valence-electron chi connectivity index (χ2n) is 5.39. The molecule has 126 valence electrons. The molecule has 3 N–H and O–H groups in total. The van der Waals surface area contributed by atoms with Gasteiger partial charge < -0.3 is 11.1 Å². The SMILES string of the molecule is CCCCCCCCCN=C(N)NCCc1ccccn1.I. The molecule has 1 aromatic heterocycles. The number of rotatable bonds is 11. The monoisotopic (exact) mass is 418 g/mol. The van der Waals surface area contributed by atoms with Gasteiger partial charge in [-0.3, -0.25) is 9.98 Å². The molecule has 0 atom stereocenters. The number of guanidine groups is 1. The summed E-state index contributed by atoms with van der Waals surface area (Å²) in [6, 6.07) is 5.95. The van der Waals surface area contributed by atoms with Crippen LogP contribution >= 0.6 is 24.0 Å². The van der Waals surface area contributed by atoms with Crippen LogP contribution in [0.15, 0.2) is 29.4 Å². The summed E-state index contributed by atoms with van der Waals surface area (Å²) in [5.74, 6) is 0.553. The molecular formula is C17H31IN4. The highest BCUT2D eigenvalue weighted by atomic mass is 127. The van der Waals surface area contributed by atoms with E-state index in [-0.39, 0.29) is 24.0 Å². The standard InChI is InChI=1S/C17H30N4.HI/c1-2-3-4-5-6-7-9-14-20-17(18)21-15-12-16-11-8-10-13-19-16;/h8,10-11,13H,2-7,9,12,14-15H2,1H3,(H3,18,20,21);1H. The number of aliphatic imine (C=N–C) groups is 1. The minimum atomic E-state index is 0. The van der Waals surface area contributed by atoms with Crippen LogP contribution in [0.3, 0.4) is 0 Å². The van der Waals surface area contributed by atoms with Gasteiger partial charge in [-0.2, -0.15) is 0 Å². The summed E-state index contributed by atoms with van der Waals surface area (Å²) in [5.41, 5.74) is 6.91. The molecule has 0 aliphatic heterocycles. The highest BCUT2D eigenvalue weighted by molar-refractivity contribution is 14.0.